The number of hydrogen-bond donors (Lipinski definition) is 2. The lowest BCUT2D eigenvalue weighted by Crippen LogP contribution is -2.37. The van der Waals surface area contributed by atoms with Gasteiger partial charge in [0.05, 0.1) is 12.2 Å². The van der Waals surface area contributed by atoms with Crippen LogP contribution in [-0.4, -0.2) is 22.6 Å². The van der Waals surface area contributed by atoms with Gasteiger partial charge in [-0.25, -0.2) is 9.98 Å². The van der Waals surface area contributed by atoms with Crippen molar-refractivity contribution in [2.75, 3.05) is 6.54 Å². The normalized spacial score (nSPS) is 11.6. The molecular weight excluding hydrogens is 326 g/mol. The quantitative estimate of drug-likeness (QED) is 0.456. The van der Waals surface area contributed by atoms with Crippen LogP contribution < -0.4 is 10.6 Å². The highest BCUT2D eigenvalue weighted by Gasteiger charge is 2.13. The first-order chi connectivity index (χ1) is 11.7. The van der Waals surface area contributed by atoms with Gasteiger partial charge in [0.1, 0.15) is 10.9 Å². The lowest BCUT2D eigenvalue weighted by Gasteiger charge is -2.11. The van der Waals surface area contributed by atoms with E-state index in [0.717, 1.165) is 47.9 Å². The fourth-order valence-electron chi connectivity index (χ4n) is 2.32. The van der Waals surface area contributed by atoms with Crippen molar-refractivity contribution in [1.29, 1.82) is 0 Å². The van der Waals surface area contributed by atoms with Crippen LogP contribution >= 0.6 is 11.6 Å². The Bertz CT molecular complexity index is 645. The SMILES string of the molecule is CCNC(=NCc1ccc(Cl)nc1)NCc1c(CC)noc1CC. The summed E-state index contributed by atoms with van der Waals surface area (Å²) in [5.74, 6) is 1.68. The zero-order chi connectivity index (χ0) is 17.4. The number of pyridine rings is 1. The molecule has 7 heteroatoms. The monoisotopic (exact) mass is 349 g/mol. The number of aromatic nitrogens is 2. The second kappa shape index (κ2) is 9.27. The summed E-state index contributed by atoms with van der Waals surface area (Å²) in [4.78, 5) is 8.65. The Morgan fingerprint density at radius 1 is 1.21 bits per heavy atom. The molecule has 2 heterocycles. The molecule has 24 heavy (non-hydrogen) atoms. The summed E-state index contributed by atoms with van der Waals surface area (Å²) in [6.07, 6.45) is 3.42. The molecule has 130 valence electrons. The number of nitrogens with zero attached hydrogens (tertiary/aromatic N) is 3. The minimum Gasteiger partial charge on any atom is -0.361 e. The van der Waals surface area contributed by atoms with Crippen molar-refractivity contribution < 1.29 is 4.52 Å². The third-order valence-electron chi connectivity index (χ3n) is 3.59. The van der Waals surface area contributed by atoms with Gasteiger partial charge < -0.3 is 15.2 Å². The largest absolute Gasteiger partial charge is 0.361 e. The molecule has 0 aliphatic heterocycles. The number of hydrogen-bond acceptors (Lipinski definition) is 4. The Hall–Kier alpha value is -2.08. The van der Waals surface area contributed by atoms with Gasteiger partial charge in [-0.15, -0.1) is 0 Å². The van der Waals surface area contributed by atoms with Gasteiger partial charge in [-0.05, 0) is 25.0 Å². The van der Waals surface area contributed by atoms with Crippen LogP contribution in [0.1, 0.15) is 43.4 Å². The van der Waals surface area contributed by atoms with E-state index in [1.807, 2.05) is 13.0 Å². The van der Waals surface area contributed by atoms with Gasteiger partial charge in [-0.1, -0.05) is 36.7 Å². The van der Waals surface area contributed by atoms with E-state index in [1.165, 1.54) is 0 Å². The molecule has 2 rings (SSSR count). The van der Waals surface area contributed by atoms with Crippen LogP contribution in [0.2, 0.25) is 5.15 Å². The van der Waals surface area contributed by atoms with E-state index in [9.17, 15) is 0 Å². The Morgan fingerprint density at radius 2 is 2.04 bits per heavy atom. The van der Waals surface area contributed by atoms with E-state index < -0.39 is 0 Å². The summed E-state index contributed by atoms with van der Waals surface area (Å²) in [5, 5.41) is 11.2. The van der Waals surface area contributed by atoms with Gasteiger partial charge >= 0.3 is 0 Å². The van der Waals surface area contributed by atoms with E-state index in [-0.39, 0.29) is 0 Å². The van der Waals surface area contributed by atoms with Gasteiger partial charge in [-0.2, -0.15) is 0 Å². The minimum absolute atomic E-state index is 0.486. The molecule has 0 saturated carbocycles. The zero-order valence-corrected chi connectivity index (χ0v) is 15.2. The number of nitrogens with one attached hydrogen (secondary N) is 2. The molecule has 0 atom stereocenters. The maximum Gasteiger partial charge on any atom is 0.191 e. The highest BCUT2D eigenvalue weighted by Crippen LogP contribution is 2.15. The van der Waals surface area contributed by atoms with Gasteiger partial charge in [0.15, 0.2) is 5.96 Å². The molecule has 0 aromatic carbocycles. The molecule has 6 nitrogen and oxygen atoms in total. The summed E-state index contributed by atoms with van der Waals surface area (Å²) < 4.78 is 5.40. The zero-order valence-electron chi connectivity index (χ0n) is 14.4. The molecule has 2 N–H and O–H groups in total. The number of aliphatic imine (C=N–C) groups is 1. The van der Waals surface area contributed by atoms with E-state index in [0.29, 0.717) is 18.2 Å². The molecule has 0 aliphatic rings. The van der Waals surface area contributed by atoms with E-state index in [2.05, 4.69) is 39.6 Å². The van der Waals surface area contributed by atoms with Crippen molar-refractivity contribution in [3.8, 4) is 0 Å². The third kappa shape index (κ3) is 4.96. The summed E-state index contributed by atoms with van der Waals surface area (Å²) >= 11 is 5.80. The van der Waals surface area contributed by atoms with Crippen molar-refractivity contribution in [1.82, 2.24) is 20.8 Å². The molecule has 0 unspecified atom stereocenters. The van der Waals surface area contributed by atoms with Crippen molar-refractivity contribution >= 4 is 17.6 Å². The second-order valence-electron chi connectivity index (χ2n) is 5.28. The van der Waals surface area contributed by atoms with Crippen molar-refractivity contribution in [2.45, 2.75) is 46.7 Å². The number of rotatable bonds is 7. The van der Waals surface area contributed by atoms with Gasteiger partial charge in [0.2, 0.25) is 0 Å². The van der Waals surface area contributed by atoms with Crippen molar-refractivity contribution in [2.24, 2.45) is 4.99 Å². The van der Waals surface area contributed by atoms with Crippen LogP contribution in [0.25, 0.3) is 0 Å². The molecule has 2 aromatic rings. The van der Waals surface area contributed by atoms with Crippen LogP contribution in [0.15, 0.2) is 27.8 Å². The highest BCUT2D eigenvalue weighted by molar-refractivity contribution is 6.29. The summed E-state index contributed by atoms with van der Waals surface area (Å²) in [7, 11) is 0. The molecule has 2 aromatic heterocycles. The van der Waals surface area contributed by atoms with Crippen molar-refractivity contribution in [3.63, 3.8) is 0 Å². The van der Waals surface area contributed by atoms with Crippen molar-refractivity contribution in [3.05, 3.63) is 46.1 Å². The van der Waals surface area contributed by atoms with Crippen LogP contribution in [0, 0.1) is 0 Å². The highest BCUT2D eigenvalue weighted by atomic mass is 35.5. The molecule has 0 saturated heterocycles. The molecular formula is C17H24ClN5O. The molecule has 0 aliphatic carbocycles. The molecule has 0 amide bonds. The predicted molar refractivity (Wildman–Crippen MR) is 96.2 cm³/mol. The maximum atomic E-state index is 5.80. The van der Waals surface area contributed by atoms with Crippen LogP contribution in [0.5, 0.6) is 0 Å². The molecule has 0 fully saturated rings. The Morgan fingerprint density at radius 3 is 2.67 bits per heavy atom. The maximum absolute atomic E-state index is 5.80. The predicted octanol–water partition coefficient (Wildman–Crippen LogP) is 3.10. The Labute approximate surface area is 147 Å². The molecule has 0 radical (unpaired) electrons. The fraction of sp³-hybridized carbons (Fsp3) is 0.471. The summed E-state index contributed by atoms with van der Waals surface area (Å²) in [6, 6.07) is 3.69. The van der Waals surface area contributed by atoms with Crippen LogP contribution in [-0.2, 0) is 25.9 Å². The van der Waals surface area contributed by atoms with E-state index >= 15 is 0 Å². The standard InChI is InChI=1S/C17H24ClN5O/c1-4-14-13(15(5-2)24-23-14)11-22-17(19-6-3)21-10-12-7-8-16(18)20-9-12/h7-9H,4-6,10-11H2,1-3H3,(H2,19,21,22). The second-order valence-corrected chi connectivity index (χ2v) is 5.66. The topological polar surface area (TPSA) is 75.3 Å². The fourth-order valence-corrected chi connectivity index (χ4v) is 2.43. The Balaban J connectivity index is 2.04. The van der Waals surface area contributed by atoms with Gasteiger partial charge in [0, 0.05) is 31.3 Å². The first-order valence-corrected chi connectivity index (χ1v) is 8.64. The lowest BCUT2D eigenvalue weighted by atomic mass is 10.1. The average molecular weight is 350 g/mol. The Kier molecular flexibility index (Phi) is 7.06. The van der Waals surface area contributed by atoms with Crippen LogP contribution in [0.4, 0.5) is 0 Å². The number of guanidine groups is 1. The minimum atomic E-state index is 0.486. The number of aryl methyl sites for hydroxylation is 2. The molecule has 0 spiro atoms. The van der Waals surface area contributed by atoms with Gasteiger partial charge in [-0.3, -0.25) is 0 Å². The third-order valence-corrected chi connectivity index (χ3v) is 3.82. The lowest BCUT2D eigenvalue weighted by molar-refractivity contribution is 0.380. The summed E-state index contributed by atoms with van der Waals surface area (Å²) in [6.45, 7) is 8.14. The smallest absolute Gasteiger partial charge is 0.191 e. The number of halogens is 1. The van der Waals surface area contributed by atoms with Crippen LogP contribution in [0.3, 0.4) is 0 Å². The first-order valence-electron chi connectivity index (χ1n) is 8.26. The first kappa shape index (κ1) is 18.3. The molecule has 0 bridgehead atoms. The van der Waals surface area contributed by atoms with Gasteiger partial charge in [0.25, 0.3) is 0 Å². The summed E-state index contributed by atoms with van der Waals surface area (Å²) in [5.41, 5.74) is 3.13. The average Bonchev–Trinajstić information content (AvgIpc) is 3.00. The van der Waals surface area contributed by atoms with E-state index in [4.69, 9.17) is 16.1 Å². The van der Waals surface area contributed by atoms with E-state index in [1.54, 1.807) is 12.3 Å².